The van der Waals surface area contributed by atoms with E-state index in [1.807, 2.05) is 11.9 Å². The Morgan fingerprint density at radius 3 is 2.45 bits per heavy atom. The standard InChI is InChI=1S/C18H35N3O/c1-16-9-8-13-21(15-16)14-12-19-18(22)20(2)17-10-6-4-3-5-7-11-17/h16-17H,3-15H2,1-2H3,(H,19,22). The highest BCUT2D eigenvalue weighted by Gasteiger charge is 2.21. The normalized spacial score (nSPS) is 25.3. The first-order valence-electron chi connectivity index (χ1n) is 9.40. The number of likely N-dealkylation sites (tertiary alicyclic amines) is 1. The van der Waals surface area contributed by atoms with Gasteiger partial charge in [-0.1, -0.05) is 39.0 Å². The Morgan fingerprint density at radius 2 is 1.77 bits per heavy atom. The van der Waals surface area contributed by atoms with Crippen molar-refractivity contribution < 1.29 is 4.79 Å². The van der Waals surface area contributed by atoms with E-state index in [2.05, 4.69) is 17.1 Å². The maximum absolute atomic E-state index is 12.3. The quantitative estimate of drug-likeness (QED) is 0.863. The Labute approximate surface area is 136 Å². The van der Waals surface area contributed by atoms with E-state index in [9.17, 15) is 4.79 Å². The highest BCUT2D eigenvalue weighted by atomic mass is 16.2. The third-order valence-corrected chi connectivity index (χ3v) is 5.39. The van der Waals surface area contributed by atoms with Crippen LogP contribution in [0.4, 0.5) is 4.79 Å². The SMILES string of the molecule is CC1CCCN(CCNC(=O)N(C)C2CCCCCCC2)C1. The zero-order chi connectivity index (χ0) is 15.8. The molecule has 1 aliphatic carbocycles. The summed E-state index contributed by atoms with van der Waals surface area (Å²) in [4.78, 5) is 16.8. The molecule has 4 heteroatoms. The van der Waals surface area contributed by atoms with E-state index in [1.165, 1.54) is 70.9 Å². The van der Waals surface area contributed by atoms with Crippen LogP contribution in [-0.2, 0) is 0 Å². The van der Waals surface area contributed by atoms with Gasteiger partial charge in [-0.15, -0.1) is 0 Å². The zero-order valence-corrected chi connectivity index (χ0v) is 14.6. The molecule has 0 spiro atoms. The molecule has 1 unspecified atom stereocenters. The summed E-state index contributed by atoms with van der Waals surface area (Å²) >= 11 is 0. The van der Waals surface area contributed by atoms with E-state index < -0.39 is 0 Å². The molecule has 2 aliphatic rings. The Morgan fingerprint density at radius 1 is 1.09 bits per heavy atom. The van der Waals surface area contributed by atoms with E-state index >= 15 is 0 Å². The lowest BCUT2D eigenvalue weighted by Crippen LogP contribution is -2.46. The van der Waals surface area contributed by atoms with Gasteiger partial charge in [0.2, 0.25) is 0 Å². The van der Waals surface area contributed by atoms with Gasteiger partial charge in [0.25, 0.3) is 0 Å². The van der Waals surface area contributed by atoms with Crippen molar-refractivity contribution in [2.45, 2.75) is 70.8 Å². The summed E-state index contributed by atoms with van der Waals surface area (Å²) < 4.78 is 0. The Balaban J connectivity index is 1.66. The minimum atomic E-state index is 0.121. The zero-order valence-electron chi connectivity index (χ0n) is 14.6. The molecule has 0 bridgehead atoms. The van der Waals surface area contributed by atoms with Gasteiger partial charge in [-0.3, -0.25) is 0 Å². The van der Waals surface area contributed by atoms with Crippen molar-refractivity contribution in [3.63, 3.8) is 0 Å². The summed E-state index contributed by atoms with van der Waals surface area (Å²) in [7, 11) is 1.98. The number of hydrogen-bond acceptors (Lipinski definition) is 2. The van der Waals surface area contributed by atoms with Gasteiger partial charge in [-0.25, -0.2) is 4.79 Å². The highest BCUT2D eigenvalue weighted by Crippen LogP contribution is 2.20. The lowest BCUT2D eigenvalue weighted by molar-refractivity contribution is 0.167. The van der Waals surface area contributed by atoms with Crippen LogP contribution in [0.5, 0.6) is 0 Å². The molecule has 1 heterocycles. The van der Waals surface area contributed by atoms with Gasteiger partial charge in [-0.2, -0.15) is 0 Å². The number of piperidine rings is 1. The average Bonchev–Trinajstić information content (AvgIpc) is 2.46. The van der Waals surface area contributed by atoms with Crippen LogP contribution in [0.15, 0.2) is 0 Å². The topological polar surface area (TPSA) is 35.6 Å². The Kier molecular flexibility index (Phi) is 7.50. The number of hydrogen-bond donors (Lipinski definition) is 1. The molecule has 2 rings (SSSR count). The number of carbonyl (C=O) groups excluding carboxylic acids is 1. The molecule has 0 aromatic rings. The van der Waals surface area contributed by atoms with Gasteiger partial charge in [0.15, 0.2) is 0 Å². The molecular formula is C18H35N3O. The number of carbonyl (C=O) groups is 1. The summed E-state index contributed by atoms with van der Waals surface area (Å²) in [6, 6.07) is 0.561. The van der Waals surface area contributed by atoms with E-state index in [0.29, 0.717) is 6.04 Å². The van der Waals surface area contributed by atoms with Gasteiger partial charge in [0.05, 0.1) is 0 Å². The van der Waals surface area contributed by atoms with Crippen LogP contribution in [0.2, 0.25) is 0 Å². The molecule has 2 fully saturated rings. The van der Waals surface area contributed by atoms with Gasteiger partial charge in [0.1, 0.15) is 0 Å². The fraction of sp³-hybridized carbons (Fsp3) is 0.944. The summed E-state index contributed by atoms with van der Waals surface area (Å²) in [5.74, 6) is 0.807. The Hall–Kier alpha value is -0.770. The number of nitrogens with zero attached hydrogens (tertiary/aromatic N) is 2. The van der Waals surface area contributed by atoms with Gasteiger partial charge >= 0.3 is 6.03 Å². The van der Waals surface area contributed by atoms with Gasteiger partial charge in [-0.05, 0) is 38.1 Å². The highest BCUT2D eigenvalue weighted by molar-refractivity contribution is 5.74. The summed E-state index contributed by atoms with van der Waals surface area (Å²) in [5, 5.41) is 3.12. The molecule has 0 aromatic heterocycles. The largest absolute Gasteiger partial charge is 0.337 e. The van der Waals surface area contributed by atoms with Crippen LogP contribution in [0.1, 0.15) is 64.7 Å². The molecular weight excluding hydrogens is 274 g/mol. The van der Waals surface area contributed by atoms with Crippen LogP contribution in [0, 0.1) is 5.92 Å². The number of rotatable bonds is 4. The lowest BCUT2D eigenvalue weighted by Gasteiger charge is -2.32. The number of urea groups is 1. The molecule has 1 aliphatic heterocycles. The first kappa shape index (κ1) is 17.6. The molecule has 128 valence electrons. The van der Waals surface area contributed by atoms with Crippen molar-refractivity contribution in [1.82, 2.24) is 15.1 Å². The fourth-order valence-corrected chi connectivity index (χ4v) is 3.92. The van der Waals surface area contributed by atoms with Crippen molar-refractivity contribution in [2.75, 3.05) is 33.2 Å². The van der Waals surface area contributed by atoms with Crippen molar-refractivity contribution >= 4 is 6.03 Å². The second kappa shape index (κ2) is 9.39. The molecule has 1 N–H and O–H groups in total. The smallest absolute Gasteiger partial charge is 0.317 e. The molecule has 2 amide bonds. The monoisotopic (exact) mass is 309 g/mol. The van der Waals surface area contributed by atoms with Crippen molar-refractivity contribution in [3.8, 4) is 0 Å². The summed E-state index contributed by atoms with van der Waals surface area (Å²) in [6.45, 7) is 6.48. The molecule has 1 saturated carbocycles. The molecule has 1 saturated heterocycles. The van der Waals surface area contributed by atoms with E-state index in [1.54, 1.807) is 0 Å². The molecule has 1 atom stereocenters. The Bertz CT molecular complexity index is 326. The third-order valence-electron chi connectivity index (χ3n) is 5.39. The fourth-order valence-electron chi connectivity index (χ4n) is 3.92. The van der Waals surface area contributed by atoms with Gasteiger partial charge in [0, 0.05) is 32.7 Å². The van der Waals surface area contributed by atoms with Crippen LogP contribution in [0.3, 0.4) is 0 Å². The molecule has 22 heavy (non-hydrogen) atoms. The van der Waals surface area contributed by atoms with Crippen LogP contribution in [0.25, 0.3) is 0 Å². The summed E-state index contributed by atoms with van der Waals surface area (Å²) in [5.41, 5.74) is 0. The first-order chi connectivity index (χ1) is 10.7. The van der Waals surface area contributed by atoms with E-state index in [4.69, 9.17) is 0 Å². The van der Waals surface area contributed by atoms with Gasteiger partial charge < -0.3 is 15.1 Å². The third kappa shape index (κ3) is 5.79. The lowest BCUT2D eigenvalue weighted by atomic mass is 9.96. The van der Waals surface area contributed by atoms with Crippen LogP contribution >= 0.6 is 0 Å². The maximum atomic E-state index is 12.3. The minimum absolute atomic E-state index is 0.121. The van der Waals surface area contributed by atoms with Crippen molar-refractivity contribution in [1.29, 1.82) is 0 Å². The van der Waals surface area contributed by atoms with Crippen molar-refractivity contribution in [3.05, 3.63) is 0 Å². The minimum Gasteiger partial charge on any atom is -0.337 e. The summed E-state index contributed by atoms with van der Waals surface area (Å²) in [6.07, 6.45) is 11.6. The second-order valence-corrected chi connectivity index (χ2v) is 7.39. The predicted octanol–water partition coefficient (Wildman–Crippen LogP) is 3.47. The van der Waals surface area contributed by atoms with Crippen LogP contribution in [-0.4, -0.2) is 55.1 Å². The number of nitrogens with one attached hydrogen (secondary N) is 1. The van der Waals surface area contributed by atoms with Crippen LogP contribution < -0.4 is 5.32 Å². The van der Waals surface area contributed by atoms with Crippen molar-refractivity contribution in [2.24, 2.45) is 5.92 Å². The van der Waals surface area contributed by atoms with E-state index in [-0.39, 0.29) is 6.03 Å². The first-order valence-corrected chi connectivity index (χ1v) is 9.40. The average molecular weight is 309 g/mol. The number of amides is 2. The predicted molar refractivity (Wildman–Crippen MR) is 92.1 cm³/mol. The maximum Gasteiger partial charge on any atom is 0.317 e. The second-order valence-electron chi connectivity index (χ2n) is 7.39. The molecule has 4 nitrogen and oxygen atoms in total. The van der Waals surface area contributed by atoms with E-state index in [0.717, 1.165) is 19.0 Å². The molecule has 0 aromatic carbocycles. The molecule has 0 radical (unpaired) electrons.